The molecule has 3 aromatic rings. The molecule has 2 aromatic heterocycles. The number of tetrazole rings is 1. The van der Waals surface area contributed by atoms with Crippen LogP contribution in [0, 0.1) is 6.92 Å². The Balaban J connectivity index is 2.36. The lowest BCUT2D eigenvalue weighted by atomic mass is 10.1. The summed E-state index contributed by atoms with van der Waals surface area (Å²) in [4.78, 5) is 12.3. The Morgan fingerprint density at radius 1 is 1.39 bits per heavy atom. The van der Waals surface area contributed by atoms with E-state index in [1.54, 1.807) is 12.1 Å². The van der Waals surface area contributed by atoms with E-state index in [9.17, 15) is 4.79 Å². The molecule has 0 saturated carbocycles. The lowest BCUT2D eigenvalue weighted by molar-refractivity contribution is 0.603. The number of nitrogens with one attached hydrogen (secondary N) is 1. The van der Waals surface area contributed by atoms with Crippen LogP contribution in [0.5, 0.6) is 0 Å². The molecule has 0 radical (unpaired) electrons. The average Bonchev–Trinajstić information content (AvgIpc) is 2.86. The van der Waals surface area contributed by atoms with Crippen LogP contribution in [0.4, 0.5) is 0 Å². The van der Waals surface area contributed by atoms with E-state index >= 15 is 0 Å². The maximum atomic E-state index is 12.3. The molecular weight excluding hydrogens is 256 g/mol. The van der Waals surface area contributed by atoms with E-state index in [1.807, 2.05) is 6.92 Å². The van der Waals surface area contributed by atoms with Gasteiger partial charge in [0.2, 0.25) is 11.3 Å². The minimum absolute atomic E-state index is 0.197. The SMILES string of the molecule is Cc1cc2occ(-c3nn[nH]n3)c(=O)c2cc1Cl. The number of benzene rings is 1. The highest BCUT2D eigenvalue weighted by molar-refractivity contribution is 6.32. The van der Waals surface area contributed by atoms with Crippen molar-refractivity contribution in [3.8, 4) is 11.4 Å². The molecule has 0 spiro atoms. The molecule has 6 nitrogen and oxygen atoms in total. The summed E-state index contributed by atoms with van der Waals surface area (Å²) in [5.74, 6) is 0.197. The Kier molecular flexibility index (Phi) is 2.38. The van der Waals surface area contributed by atoms with Gasteiger partial charge in [0, 0.05) is 5.02 Å². The first-order chi connectivity index (χ1) is 8.66. The van der Waals surface area contributed by atoms with Crippen LogP contribution in [0.1, 0.15) is 5.56 Å². The number of aryl methyl sites for hydroxylation is 1. The summed E-state index contributed by atoms with van der Waals surface area (Å²) >= 11 is 6.01. The van der Waals surface area contributed by atoms with Crippen LogP contribution in [0.25, 0.3) is 22.4 Å². The minimum Gasteiger partial charge on any atom is -0.463 e. The fraction of sp³-hybridized carbons (Fsp3) is 0.0909. The van der Waals surface area contributed by atoms with Crippen LogP contribution >= 0.6 is 11.6 Å². The number of aromatic amines is 1. The van der Waals surface area contributed by atoms with Crippen molar-refractivity contribution in [1.29, 1.82) is 0 Å². The van der Waals surface area contributed by atoms with E-state index in [2.05, 4.69) is 20.6 Å². The number of aromatic nitrogens is 4. The van der Waals surface area contributed by atoms with Crippen LogP contribution in [-0.2, 0) is 0 Å². The standard InChI is InChI=1S/C11H7ClN4O2/c1-5-2-9-6(3-8(5)12)10(17)7(4-18-9)11-13-15-16-14-11/h2-4H,1H3,(H,13,14,15,16). The van der Waals surface area contributed by atoms with Gasteiger partial charge in [0.1, 0.15) is 17.4 Å². The number of fused-ring (bicyclic) bond motifs is 1. The number of H-pyrrole nitrogens is 1. The van der Waals surface area contributed by atoms with Crippen molar-refractivity contribution in [2.45, 2.75) is 6.92 Å². The highest BCUT2D eigenvalue weighted by Gasteiger charge is 2.13. The first-order valence-electron chi connectivity index (χ1n) is 5.12. The Morgan fingerprint density at radius 3 is 2.94 bits per heavy atom. The van der Waals surface area contributed by atoms with Gasteiger partial charge in [-0.15, -0.1) is 10.2 Å². The molecule has 0 aliphatic carbocycles. The summed E-state index contributed by atoms with van der Waals surface area (Å²) in [6.07, 6.45) is 1.32. The third-order valence-corrected chi connectivity index (χ3v) is 3.05. The predicted octanol–water partition coefficient (Wildman–Crippen LogP) is 1.93. The molecular formula is C11H7ClN4O2. The first kappa shape index (κ1) is 10.9. The van der Waals surface area contributed by atoms with Crippen LogP contribution < -0.4 is 5.43 Å². The van der Waals surface area contributed by atoms with Crippen molar-refractivity contribution in [3.05, 3.63) is 39.2 Å². The highest BCUT2D eigenvalue weighted by Crippen LogP contribution is 2.23. The van der Waals surface area contributed by atoms with Gasteiger partial charge in [0.15, 0.2) is 0 Å². The highest BCUT2D eigenvalue weighted by atomic mass is 35.5. The molecule has 3 rings (SSSR count). The Bertz CT molecular complexity index is 780. The van der Waals surface area contributed by atoms with Gasteiger partial charge in [0.25, 0.3) is 0 Å². The third-order valence-electron chi connectivity index (χ3n) is 2.64. The molecule has 7 heteroatoms. The fourth-order valence-corrected chi connectivity index (χ4v) is 1.84. The second-order valence-electron chi connectivity index (χ2n) is 3.81. The molecule has 2 heterocycles. The largest absolute Gasteiger partial charge is 0.463 e. The molecule has 0 saturated heterocycles. The van der Waals surface area contributed by atoms with Gasteiger partial charge in [0.05, 0.1) is 5.39 Å². The summed E-state index contributed by atoms with van der Waals surface area (Å²) < 4.78 is 5.40. The zero-order valence-electron chi connectivity index (χ0n) is 9.27. The van der Waals surface area contributed by atoms with E-state index in [0.29, 0.717) is 16.0 Å². The smallest absolute Gasteiger partial charge is 0.211 e. The monoisotopic (exact) mass is 262 g/mol. The number of nitrogens with zero attached hydrogens (tertiary/aromatic N) is 3. The fourth-order valence-electron chi connectivity index (χ4n) is 1.68. The summed E-state index contributed by atoms with van der Waals surface area (Å²) in [6.45, 7) is 1.84. The van der Waals surface area contributed by atoms with Gasteiger partial charge in [-0.2, -0.15) is 5.21 Å². The maximum Gasteiger partial charge on any atom is 0.211 e. The van der Waals surface area contributed by atoms with Crippen LogP contribution in [0.2, 0.25) is 5.02 Å². The summed E-state index contributed by atoms with van der Waals surface area (Å²) in [7, 11) is 0. The van der Waals surface area contributed by atoms with Crippen molar-refractivity contribution in [2.24, 2.45) is 0 Å². The lowest BCUT2D eigenvalue weighted by Gasteiger charge is -2.02. The van der Waals surface area contributed by atoms with E-state index < -0.39 is 0 Å². The van der Waals surface area contributed by atoms with Crippen molar-refractivity contribution >= 4 is 22.6 Å². The van der Waals surface area contributed by atoms with E-state index in [-0.39, 0.29) is 16.8 Å². The minimum atomic E-state index is -0.237. The zero-order chi connectivity index (χ0) is 12.7. The molecule has 1 N–H and O–H groups in total. The summed E-state index contributed by atoms with van der Waals surface area (Å²) in [5.41, 5.74) is 1.34. The molecule has 18 heavy (non-hydrogen) atoms. The number of hydrogen-bond donors (Lipinski definition) is 1. The Labute approximate surface area is 106 Å². The summed E-state index contributed by atoms with van der Waals surface area (Å²) in [5, 5.41) is 14.1. The van der Waals surface area contributed by atoms with Crippen molar-refractivity contribution in [2.75, 3.05) is 0 Å². The van der Waals surface area contributed by atoms with Crippen LogP contribution in [0.3, 0.4) is 0 Å². The predicted molar refractivity (Wildman–Crippen MR) is 65.4 cm³/mol. The van der Waals surface area contributed by atoms with Gasteiger partial charge in [-0.1, -0.05) is 11.6 Å². The normalized spacial score (nSPS) is 11.0. The molecule has 0 aliphatic heterocycles. The zero-order valence-corrected chi connectivity index (χ0v) is 10.0. The van der Waals surface area contributed by atoms with Gasteiger partial charge in [-0.05, 0) is 29.8 Å². The van der Waals surface area contributed by atoms with Gasteiger partial charge >= 0.3 is 0 Å². The maximum absolute atomic E-state index is 12.3. The van der Waals surface area contributed by atoms with Crippen LogP contribution in [-0.4, -0.2) is 20.6 Å². The molecule has 0 amide bonds. The number of rotatable bonds is 1. The second kappa shape index (κ2) is 3.92. The summed E-state index contributed by atoms with van der Waals surface area (Å²) in [6, 6.07) is 3.31. The lowest BCUT2D eigenvalue weighted by Crippen LogP contribution is -2.06. The topological polar surface area (TPSA) is 84.7 Å². The van der Waals surface area contributed by atoms with Crippen LogP contribution in [0.15, 0.2) is 27.6 Å². The second-order valence-corrected chi connectivity index (χ2v) is 4.22. The molecule has 0 aliphatic rings. The van der Waals surface area contributed by atoms with Gasteiger partial charge in [-0.25, -0.2) is 0 Å². The number of hydrogen-bond acceptors (Lipinski definition) is 5. The van der Waals surface area contributed by atoms with E-state index in [1.165, 1.54) is 6.26 Å². The van der Waals surface area contributed by atoms with Crippen molar-refractivity contribution < 1.29 is 4.42 Å². The van der Waals surface area contributed by atoms with Gasteiger partial charge in [-0.3, -0.25) is 4.79 Å². The van der Waals surface area contributed by atoms with Gasteiger partial charge < -0.3 is 4.42 Å². The Hall–Kier alpha value is -2.21. The number of halogens is 1. The van der Waals surface area contributed by atoms with Crippen molar-refractivity contribution in [3.63, 3.8) is 0 Å². The van der Waals surface area contributed by atoms with Crippen molar-refractivity contribution in [1.82, 2.24) is 20.6 Å². The molecule has 0 unspecified atom stereocenters. The average molecular weight is 263 g/mol. The molecule has 0 fully saturated rings. The van der Waals surface area contributed by atoms with E-state index in [4.69, 9.17) is 16.0 Å². The molecule has 0 bridgehead atoms. The molecule has 1 aromatic carbocycles. The molecule has 90 valence electrons. The Morgan fingerprint density at radius 2 is 2.22 bits per heavy atom. The quantitative estimate of drug-likeness (QED) is 0.724. The first-order valence-corrected chi connectivity index (χ1v) is 5.50. The third kappa shape index (κ3) is 1.58. The molecule has 0 atom stereocenters. The van der Waals surface area contributed by atoms with E-state index in [0.717, 1.165) is 5.56 Å².